The van der Waals surface area contributed by atoms with Crippen molar-refractivity contribution >= 4 is 31.5 Å². The highest BCUT2D eigenvalue weighted by Crippen LogP contribution is 2.34. The fraction of sp³-hybridized carbons (Fsp3) is 0.333. The van der Waals surface area contributed by atoms with E-state index in [9.17, 15) is 0 Å². The van der Waals surface area contributed by atoms with Crippen LogP contribution >= 0.6 is 11.3 Å². The first-order chi connectivity index (χ1) is 9.15. The zero-order valence-corrected chi connectivity index (χ0v) is 12.6. The van der Waals surface area contributed by atoms with Gasteiger partial charge >= 0.3 is 0 Å². The maximum atomic E-state index is 2.40. The third-order valence-corrected chi connectivity index (χ3v) is 5.29. The summed E-state index contributed by atoms with van der Waals surface area (Å²) >= 11 is 1.90. The lowest BCUT2D eigenvalue weighted by molar-refractivity contribution is 0.417. The summed E-state index contributed by atoms with van der Waals surface area (Å²) in [5, 5.41) is 2.83. The van der Waals surface area contributed by atoms with E-state index >= 15 is 0 Å². The monoisotopic (exact) mass is 268 g/mol. The Morgan fingerprint density at radius 3 is 2.42 bits per heavy atom. The molecular weight excluding hydrogens is 248 g/mol. The third kappa shape index (κ3) is 2.40. The van der Waals surface area contributed by atoms with E-state index in [2.05, 4.69) is 63.2 Å². The van der Waals surface area contributed by atoms with Crippen molar-refractivity contribution in [3.05, 3.63) is 48.0 Å². The number of thiophene rings is 1. The van der Waals surface area contributed by atoms with Crippen LogP contribution in [0.4, 0.5) is 0 Å². The molecule has 0 saturated carbocycles. The number of rotatable bonds is 3. The molecule has 0 aliphatic heterocycles. The van der Waals surface area contributed by atoms with Gasteiger partial charge in [-0.2, -0.15) is 0 Å². The predicted molar refractivity (Wildman–Crippen MR) is 87.0 cm³/mol. The Bertz CT molecular complexity index is 706. The Morgan fingerprint density at radius 2 is 1.63 bits per heavy atom. The standard InChI is InChI=1S/C18H20S/c1-12(2)13(3)10-14-8-9-18-16(11-14)15-6-4-5-7-17(15)19-18/h4-9,11-13H,10H2,1-3H3. The Balaban J connectivity index is 2.06. The highest BCUT2D eigenvalue weighted by molar-refractivity contribution is 7.25. The van der Waals surface area contributed by atoms with Crippen molar-refractivity contribution < 1.29 is 0 Å². The lowest BCUT2D eigenvalue weighted by Crippen LogP contribution is -2.07. The molecule has 0 saturated heterocycles. The van der Waals surface area contributed by atoms with Gasteiger partial charge in [0, 0.05) is 20.2 Å². The summed E-state index contributed by atoms with van der Waals surface area (Å²) < 4.78 is 2.80. The van der Waals surface area contributed by atoms with Gasteiger partial charge in [0.1, 0.15) is 0 Å². The van der Waals surface area contributed by atoms with Gasteiger partial charge in [-0.25, -0.2) is 0 Å². The van der Waals surface area contributed by atoms with Gasteiger partial charge in [-0.15, -0.1) is 11.3 Å². The van der Waals surface area contributed by atoms with E-state index in [1.165, 1.54) is 32.2 Å². The summed E-state index contributed by atoms with van der Waals surface area (Å²) in [6.07, 6.45) is 1.18. The van der Waals surface area contributed by atoms with Crippen LogP contribution in [0.25, 0.3) is 20.2 Å². The molecule has 0 fully saturated rings. The molecule has 1 heteroatoms. The van der Waals surface area contributed by atoms with Crippen LogP contribution in [0.2, 0.25) is 0 Å². The fourth-order valence-corrected chi connectivity index (χ4v) is 3.59. The first-order valence-corrected chi connectivity index (χ1v) is 7.87. The van der Waals surface area contributed by atoms with Crippen LogP contribution in [0.3, 0.4) is 0 Å². The van der Waals surface area contributed by atoms with Crippen LogP contribution in [-0.2, 0) is 6.42 Å². The van der Waals surface area contributed by atoms with Crippen molar-refractivity contribution in [1.82, 2.24) is 0 Å². The normalized spacial score (nSPS) is 13.5. The minimum Gasteiger partial charge on any atom is -0.135 e. The van der Waals surface area contributed by atoms with Crippen molar-refractivity contribution in [1.29, 1.82) is 0 Å². The molecule has 2 aromatic carbocycles. The average Bonchev–Trinajstić information content (AvgIpc) is 2.76. The predicted octanol–water partition coefficient (Wildman–Crippen LogP) is 5.89. The summed E-state index contributed by atoms with van der Waals surface area (Å²) in [5.41, 5.74) is 1.47. The second-order valence-electron chi connectivity index (χ2n) is 5.85. The molecule has 0 nitrogen and oxygen atoms in total. The molecule has 0 spiro atoms. The summed E-state index contributed by atoms with van der Waals surface area (Å²) in [7, 11) is 0. The maximum absolute atomic E-state index is 2.40. The topological polar surface area (TPSA) is 0 Å². The smallest absolute Gasteiger partial charge is 0.0355 e. The van der Waals surface area contributed by atoms with E-state index in [-0.39, 0.29) is 0 Å². The molecule has 0 aliphatic carbocycles. The van der Waals surface area contributed by atoms with Crippen LogP contribution in [0, 0.1) is 11.8 Å². The van der Waals surface area contributed by atoms with Gasteiger partial charge in [0.2, 0.25) is 0 Å². The minimum absolute atomic E-state index is 0.738. The van der Waals surface area contributed by atoms with Crippen LogP contribution in [0.1, 0.15) is 26.3 Å². The van der Waals surface area contributed by atoms with Crippen LogP contribution in [0.5, 0.6) is 0 Å². The fourth-order valence-electron chi connectivity index (χ4n) is 2.51. The molecule has 1 atom stereocenters. The van der Waals surface area contributed by atoms with Gasteiger partial charge in [-0.05, 0) is 42.0 Å². The average molecular weight is 268 g/mol. The number of hydrogen-bond donors (Lipinski definition) is 0. The van der Waals surface area contributed by atoms with Crippen LogP contribution in [0.15, 0.2) is 42.5 Å². The number of hydrogen-bond acceptors (Lipinski definition) is 1. The minimum atomic E-state index is 0.738. The van der Waals surface area contributed by atoms with Crippen LogP contribution < -0.4 is 0 Å². The molecular formula is C18H20S. The molecule has 1 heterocycles. The first kappa shape index (κ1) is 12.7. The molecule has 3 aromatic rings. The van der Waals surface area contributed by atoms with Gasteiger partial charge in [0.05, 0.1) is 0 Å². The van der Waals surface area contributed by atoms with Gasteiger partial charge in [0.15, 0.2) is 0 Å². The van der Waals surface area contributed by atoms with E-state index in [1.807, 2.05) is 11.3 Å². The largest absolute Gasteiger partial charge is 0.135 e. The summed E-state index contributed by atoms with van der Waals surface area (Å²) in [6, 6.07) is 15.7. The van der Waals surface area contributed by atoms with E-state index in [1.54, 1.807) is 0 Å². The Kier molecular flexibility index (Phi) is 3.32. The first-order valence-electron chi connectivity index (χ1n) is 7.05. The molecule has 1 unspecified atom stereocenters. The van der Waals surface area contributed by atoms with E-state index < -0.39 is 0 Å². The number of fused-ring (bicyclic) bond motifs is 3. The van der Waals surface area contributed by atoms with E-state index in [4.69, 9.17) is 0 Å². The second kappa shape index (κ2) is 4.97. The summed E-state index contributed by atoms with van der Waals surface area (Å²) in [4.78, 5) is 0. The van der Waals surface area contributed by atoms with Gasteiger partial charge in [0.25, 0.3) is 0 Å². The van der Waals surface area contributed by atoms with Gasteiger partial charge < -0.3 is 0 Å². The quantitative estimate of drug-likeness (QED) is 0.555. The van der Waals surface area contributed by atoms with Gasteiger partial charge in [-0.3, -0.25) is 0 Å². The molecule has 1 aromatic heterocycles. The molecule has 0 amide bonds. The molecule has 98 valence electrons. The highest BCUT2D eigenvalue weighted by atomic mass is 32.1. The van der Waals surface area contributed by atoms with E-state index in [0.29, 0.717) is 0 Å². The van der Waals surface area contributed by atoms with Gasteiger partial charge in [-0.1, -0.05) is 45.0 Å². The highest BCUT2D eigenvalue weighted by Gasteiger charge is 2.10. The van der Waals surface area contributed by atoms with Crippen molar-refractivity contribution in [2.24, 2.45) is 11.8 Å². The molecule has 0 N–H and O–H groups in total. The second-order valence-corrected chi connectivity index (χ2v) is 6.94. The molecule has 0 bridgehead atoms. The zero-order valence-electron chi connectivity index (χ0n) is 11.8. The lowest BCUT2D eigenvalue weighted by Gasteiger charge is -2.15. The SMILES string of the molecule is CC(C)C(C)Cc1ccc2sc3ccccc3c2c1. The molecule has 0 aliphatic rings. The zero-order chi connectivity index (χ0) is 13.4. The maximum Gasteiger partial charge on any atom is 0.0355 e. The van der Waals surface area contributed by atoms with Crippen molar-refractivity contribution in [2.45, 2.75) is 27.2 Å². The summed E-state index contributed by atoms with van der Waals surface area (Å²) in [6.45, 7) is 6.97. The molecule has 3 rings (SSSR count). The Labute approximate surface area is 119 Å². The summed E-state index contributed by atoms with van der Waals surface area (Å²) in [5.74, 6) is 1.48. The Hall–Kier alpha value is -1.34. The van der Waals surface area contributed by atoms with E-state index in [0.717, 1.165) is 11.8 Å². The lowest BCUT2D eigenvalue weighted by atomic mass is 9.91. The molecule has 0 radical (unpaired) electrons. The van der Waals surface area contributed by atoms with Crippen molar-refractivity contribution in [3.8, 4) is 0 Å². The Morgan fingerprint density at radius 1 is 0.895 bits per heavy atom. The molecule has 19 heavy (non-hydrogen) atoms. The number of benzene rings is 2. The third-order valence-electron chi connectivity index (χ3n) is 4.14. The van der Waals surface area contributed by atoms with Crippen molar-refractivity contribution in [3.63, 3.8) is 0 Å². The van der Waals surface area contributed by atoms with Crippen molar-refractivity contribution in [2.75, 3.05) is 0 Å². The van der Waals surface area contributed by atoms with Crippen LogP contribution in [-0.4, -0.2) is 0 Å².